The van der Waals surface area contributed by atoms with Gasteiger partial charge in [0.2, 0.25) is 0 Å². The normalized spacial score (nSPS) is 22.3. The number of carbonyl (C=O) groups excluding carboxylic acids is 2. The van der Waals surface area contributed by atoms with Gasteiger partial charge in [0.25, 0.3) is 0 Å². The largest absolute Gasteiger partial charge is 0.383 e. The second-order valence-electron chi connectivity index (χ2n) is 11.2. The molecule has 4 aromatic rings. The van der Waals surface area contributed by atoms with E-state index in [4.69, 9.17) is 15.5 Å². The number of rotatable bonds is 4. The number of anilines is 1. The van der Waals surface area contributed by atoms with E-state index < -0.39 is 0 Å². The van der Waals surface area contributed by atoms with Crippen molar-refractivity contribution in [1.82, 2.24) is 29.4 Å². The minimum Gasteiger partial charge on any atom is -0.383 e. The van der Waals surface area contributed by atoms with Crippen molar-refractivity contribution in [3.8, 4) is 22.4 Å². The molecule has 2 N–H and O–H groups in total. The number of amides is 2. The number of pyridine rings is 1. The van der Waals surface area contributed by atoms with E-state index in [1.54, 1.807) is 10.7 Å². The molecule has 7 rings (SSSR count). The first-order chi connectivity index (χ1) is 20.0. The first kappa shape index (κ1) is 25.6. The molecule has 0 radical (unpaired) electrons. The van der Waals surface area contributed by atoms with E-state index in [1.165, 1.54) is 6.92 Å². The summed E-state index contributed by atoms with van der Waals surface area (Å²) in [5.74, 6) is 0.197. The molecule has 6 heterocycles. The van der Waals surface area contributed by atoms with Gasteiger partial charge in [-0.1, -0.05) is 36.4 Å². The third-order valence-electron chi connectivity index (χ3n) is 8.83. The molecule has 2 atom stereocenters. The second-order valence-corrected chi connectivity index (χ2v) is 11.2. The molecular weight excluding hydrogens is 518 g/mol. The number of hydrogen-bond acceptors (Lipinski definition) is 7. The van der Waals surface area contributed by atoms with Crippen molar-refractivity contribution in [2.75, 3.05) is 32.0 Å². The lowest BCUT2D eigenvalue weighted by Crippen LogP contribution is -2.54. The Balaban J connectivity index is 1.23. The number of benzene rings is 1. The highest BCUT2D eigenvalue weighted by molar-refractivity contribution is 6.00. The molecule has 0 unspecified atom stereocenters. The summed E-state index contributed by atoms with van der Waals surface area (Å²) in [4.78, 5) is 40.1. The van der Waals surface area contributed by atoms with Gasteiger partial charge in [-0.15, -0.1) is 0 Å². The van der Waals surface area contributed by atoms with Crippen LogP contribution in [0.1, 0.15) is 54.6 Å². The Bertz CT molecular complexity index is 1600. The van der Waals surface area contributed by atoms with E-state index in [-0.39, 0.29) is 29.8 Å². The van der Waals surface area contributed by atoms with Crippen LogP contribution in [0.4, 0.5) is 10.6 Å². The van der Waals surface area contributed by atoms with E-state index in [9.17, 15) is 9.59 Å². The lowest BCUT2D eigenvalue weighted by Gasteiger charge is -2.42. The van der Waals surface area contributed by atoms with Crippen molar-refractivity contribution in [2.24, 2.45) is 0 Å². The highest BCUT2D eigenvalue weighted by atomic mass is 16.5. The Morgan fingerprint density at radius 1 is 0.951 bits per heavy atom. The van der Waals surface area contributed by atoms with E-state index in [0.29, 0.717) is 49.0 Å². The molecule has 3 aliphatic heterocycles. The molecule has 0 saturated carbocycles. The minimum atomic E-state index is -0.128. The predicted molar refractivity (Wildman–Crippen MR) is 154 cm³/mol. The molecule has 3 fully saturated rings. The van der Waals surface area contributed by atoms with E-state index in [2.05, 4.69) is 15.0 Å². The first-order valence-corrected chi connectivity index (χ1v) is 14.3. The van der Waals surface area contributed by atoms with Crippen molar-refractivity contribution in [2.45, 2.75) is 50.6 Å². The van der Waals surface area contributed by atoms with Crippen LogP contribution in [-0.2, 0) is 4.74 Å². The van der Waals surface area contributed by atoms with Gasteiger partial charge in [-0.2, -0.15) is 9.61 Å². The summed E-state index contributed by atoms with van der Waals surface area (Å²) in [5, 5.41) is 4.51. The maximum absolute atomic E-state index is 13.4. The minimum absolute atomic E-state index is 0.0220. The van der Waals surface area contributed by atoms with Gasteiger partial charge >= 0.3 is 6.03 Å². The summed E-state index contributed by atoms with van der Waals surface area (Å²) in [6, 6.07) is 14.4. The van der Waals surface area contributed by atoms with Crippen molar-refractivity contribution < 1.29 is 14.3 Å². The summed E-state index contributed by atoms with van der Waals surface area (Å²) in [6.07, 6.45) is 6.99. The van der Waals surface area contributed by atoms with E-state index >= 15 is 0 Å². The zero-order chi connectivity index (χ0) is 28.1. The molecule has 10 heteroatoms. The fraction of sp³-hybridized carbons (Fsp3) is 0.387. The molecule has 0 aliphatic carbocycles. The number of fused-ring (bicyclic) bond motifs is 3. The average molecular weight is 552 g/mol. The van der Waals surface area contributed by atoms with Gasteiger partial charge in [0.15, 0.2) is 11.4 Å². The summed E-state index contributed by atoms with van der Waals surface area (Å²) in [5.41, 5.74) is 12.0. The lowest BCUT2D eigenvalue weighted by atomic mass is 9.85. The Labute approximate surface area is 238 Å². The third kappa shape index (κ3) is 4.42. The van der Waals surface area contributed by atoms with Gasteiger partial charge in [0.05, 0.1) is 36.4 Å². The summed E-state index contributed by atoms with van der Waals surface area (Å²) < 4.78 is 7.01. The fourth-order valence-electron chi connectivity index (χ4n) is 6.86. The predicted octanol–water partition coefficient (Wildman–Crippen LogP) is 4.41. The molecule has 0 spiro atoms. The fourth-order valence-corrected chi connectivity index (χ4v) is 6.86. The van der Waals surface area contributed by atoms with Gasteiger partial charge in [-0.25, -0.2) is 9.78 Å². The van der Waals surface area contributed by atoms with Crippen molar-refractivity contribution in [3.05, 3.63) is 66.1 Å². The standard InChI is InChI=1S/C31H33N7O3/c1-19(39)27-28(22-15-23-8-9-24(16-22)37(23)31(40)36-11-13-41-14-12-36)35-30-25(18-34-38(30)29(27)32)21-7-10-26(33-17-21)20-5-3-2-4-6-20/h2-7,10,17-18,22-24H,8-9,11-16,32H2,1H3/t23-,24-/m1/s1. The van der Waals surface area contributed by atoms with Gasteiger partial charge in [-0.3, -0.25) is 9.78 Å². The average Bonchev–Trinajstić information content (AvgIpc) is 3.55. The van der Waals surface area contributed by atoms with Crippen molar-refractivity contribution >= 4 is 23.3 Å². The van der Waals surface area contributed by atoms with Crippen LogP contribution in [-0.4, -0.2) is 79.6 Å². The number of morpholine rings is 1. The molecule has 2 bridgehead atoms. The van der Waals surface area contributed by atoms with E-state index in [0.717, 1.165) is 48.1 Å². The van der Waals surface area contributed by atoms with Crippen molar-refractivity contribution in [3.63, 3.8) is 0 Å². The Hall–Kier alpha value is -4.31. The number of piperidine rings is 1. The van der Waals surface area contributed by atoms with E-state index in [1.807, 2.05) is 53.6 Å². The van der Waals surface area contributed by atoms with Gasteiger partial charge in [-0.05, 0) is 38.7 Å². The summed E-state index contributed by atoms with van der Waals surface area (Å²) >= 11 is 0. The Morgan fingerprint density at radius 3 is 2.34 bits per heavy atom. The molecule has 1 aromatic carbocycles. The third-order valence-corrected chi connectivity index (χ3v) is 8.83. The Kier molecular flexibility index (Phi) is 6.42. The second kappa shape index (κ2) is 10.3. The quantitative estimate of drug-likeness (QED) is 0.373. The molecule has 10 nitrogen and oxygen atoms in total. The molecule has 3 aliphatic rings. The van der Waals surface area contributed by atoms with Gasteiger partial charge in [0.1, 0.15) is 5.82 Å². The van der Waals surface area contributed by atoms with Crippen LogP contribution in [0.15, 0.2) is 54.9 Å². The number of ketones is 1. The summed E-state index contributed by atoms with van der Waals surface area (Å²) in [7, 11) is 0. The van der Waals surface area contributed by atoms with Crippen LogP contribution in [0.5, 0.6) is 0 Å². The lowest BCUT2D eigenvalue weighted by molar-refractivity contribution is 0.0330. The maximum atomic E-state index is 13.4. The smallest absolute Gasteiger partial charge is 0.320 e. The monoisotopic (exact) mass is 551 g/mol. The highest BCUT2D eigenvalue weighted by Gasteiger charge is 2.46. The van der Waals surface area contributed by atoms with Crippen LogP contribution < -0.4 is 5.73 Å². The Morgan fingerprint density at radius 2 is 1.68 bits per heavy atom. The number of ether oxygens (including phenoxy) is 1. The van der Waals surface area contributed by atoms with Gasteiger partial charge < -0.3 is 20.3 Å². The summed E-state index contributed by atoms with van der Waals surface area (Å²) in [6.45, 7) is 3.96. The van der Waals surface area contributed by atoms with Gasteiger partial charge in [0, 0.05) is 54.0 Å². The van der Waals surface area contributed by atoms with Crippen LogP contribution >= 0.6 is 0 Å². The number of Topliss-reactive ketones (excluding diaryl/α,β-unsaturated/α-hetero) is 1. The number of urea groups is 1. The number of nitrogens with zero attached hydrogens (tertiary/aromatic N) is 6. The molecule has 2 amide bonds. The van der Waals surface area contributed by atoms with Crippen LogP contribution in [0.2, 0.25) is 0 Å². The molecule has 3 aromatic heterocycles. The molecule has 210 valence electrons. The zero-order valence-corrected chi connectivity index (χ0v) is 23.1. The highest BCUT2D eigenvalue weighted by Crippen LogP contribution is 2.45. The van der Waals surface area contributed by atoms with Crippen LogP contribution in [0, 0.1) is 0 Å². The molecular formula is C31H33N7O3. The van der Waals surface area contributed by atoms with Crippen LogP contribution in [0.25, 0.3) is 28.0 Å². The SMILES string of the molecule is CC(=O)c1c(C2C[C@H]3CC[C@H](C2)N3C(=O)N2CCOCC2)nc2c(-c3ccc(-c4ccccc4)nc3)cnn2c1N. The maximum Gasteiger partial charge on any atom is 0.320 e. The molecule has 3 saturated heterocycles. The molecule has 41 heavy (non-hydrogen) atoms. The first-order valence-electron chi connectivity index (χ1n) is 14.3. The zero-order valence-electron chi connectivity index (χ0n) is 23.1. The number of nitrogens with two attached hydrogens (primary N) is 1. The number of nitrogen functional groups attached to an aromatic ring is 1. The van der Waals surface area contributed by atoms with Crippen LogP contribution in [0.3, 0.4) is 0 Å². The number of aromatic nitrogens is 4. The number of hydrogen-bond donors (Lipinski definition) is 1. The number of carbonyl (C=O) groups is 2. The van der Waals surface area contributed by atoms with Crippen molar-refractivity contribution in [1.29, 1.82) is 0 Å². The topological polar surface area (TPSA) is 119 Å².